The first kappa shape index (κ1) is 19.3. The number of carbonyl (C=O) groups excluding carboxylic acids is 1. The van der Waals surface area contributed by atoms with Gasteiger partial charge in [-0.15, -0.1) is 0 Å². The van der Waals surface area contributed by atoms with Gasteiger partial charge in [-0.1, -0.05) is 5.16 Å². The normalized spacial score (nSPS) is 17.4. The van der Waals surface area contributed by atoms with Gasteiger partial charge in [0.25, 0.3) is 5.91 Å². The zero-order chi connectivity index (χ0) is 20.2. The van der Waals surface area contributed by atoms with Crippen molar-refractivity contribution in [3.8, 4) is 0 Å². The van der Waals surface area contributed by atoms with E-state index >= 15 is 0 Å². The van der Waals surface area contributed by atoms with Crippen molar-refractivity contribution < 1.29 is 9.32 Å². The Balaban J connectivity index is 1.35. The van der Waals surface area contributed by atoms with Crippen LogP contribution in [0.15, 0.2) is 41.3 Å². The molecule has 3 aromatic rings. The first-order chi connectivity index (χ1) is 14.1. The van der Waals surface area contributed by atoms with Crippen LogP contribution in [-0.4, -0.2) is 43.8 Å². The number of piperidine rings is 1. The van der Waals surface area contributed by atoms with E-state index in [9.17, 15) is 4.79 Å². The van der Waals surface area contributed by atoms with Crippen LogP contribution in [0.2, 0.25) is 0 Å². The third-order valence-corrected chi connectivity index (χ3v) is 5.61. The topological polar surface area (TPSA) is 89.1 Å². The number of likely N-dealkylation sites (tertiary alicyclic amines) is 1. The molecule has 1 saturated heterocycles. The summed E-state index contributed by atoms with van der Waals surface area (Å²) in [6, 6.07) is 5.52. The summed E-state index contributed by atoms with van der Waals surface area (Å²) >= 11 is 0. The van der Waals surface area contributed by atoms with E-state index in [0.29, 0.717) is 6.54 Å². The highest BCUT2D eigenvalue weighted by Gasteiger charge is 2.26. The van der Waals surface area contributed by atoms with Crippen LogP contribution in [0.3, 0.4) is 0 Å². The Morgan fingerprint density at radius 2 is 2.17 bits per heavy atom. The van der Waals surface area contributed by atoms with Gasteiger partial charge >= 0.3 is 0 Å². The maximum absolute atomic E-state index is 12.4. The molecule has 0 bridgehead atoms. The van der Waals surface area contributed by atoms with Crippen LogP contribution in [0, 0.1) is 6.92 Å². The molecule has 8 heteroatoms. The maximum Gasteiger partial charge on any atom is 0.290 e. The lowest BCUT2D eigenvalue weighted by atomic mass is 9.94. The average molecular weight is 394 g/mol. The van der Waals surface area contributed by atoms with E-state index in [2.05, 4.69) is 32.4 Å². The Kier molecular flexibility index (Phi) is 5.71. The van der Waals surface area contributed by atoms with Gasteiger partial charge in [0.15, 0.2) is 0 Å². The van der Waals surface area contributed by atoms with E-state index in [-0.39, 0.29) is 17.6 Å². The number of amides is 1. The summed E-state index contributed by atoms with van der Waals surface area (Å²) in [4.78, 5) is 18.8. The van der Waals surface area contributed by atoms with Gasteiger partial charge in [-0.05, 0) is 44.0 Å². The highest BCUT2D eigenvalue weighted by Crippen LogP contribution is 2.28. The van der Waals surface area contributed by atoms with Crippen LogP contribution < -0.4 is 5.32 Å². The molecule has 3 aromatic heterocycles. The third kappa shape index (κ3) is 4.54. The van der Waals surface area contributed by atoms with Gasteiger partial charge in [-0.25, -0.2) is 0 Å². The molecule has 0 unspecified atom stereocenters. The molecule has 1 amide bonds. The van der Waals surface area contributed by atoms with Crippen molar-refractivity contribution >= 4 is 5.91 Å². The van der Waals surface area contributed by atoms with E-state index in [1.165, 1.54) is 11.3 Å². The molecule has 1 atom stereocenters. The fraction of sp³-hybridized carbons (Fsp3) is 0.429. The van der Waals surface area contributed by atoms with Crippen molar-refractivity contribution in [1.82, 2.24) is 30.1 Å². The fourth-order valence-corrected chi connectivity index (χ4v) is 3.74. The Labute approximate surface area is 169 Å². The summed E-state index contributed by atoms with van der Waals surface area (Å²) in [5.74, 6) is 0.278. The lowest BCUT2D eigenvalue weighted by molar-refractivity contribution is 0.0913. The SMILES string of the molecule is Cc1c(CN2CCC[C@H](c3cc(C(=O)NCc4ccncc4)on3)C2)cnn1C. The summed E-state index contributed by atoms with van der Waals surface area (Å²) in [5.41, 5.74) is 4.29. The van der Waals surface area contributed by atoms with Crippen LogP contribution >= 0.6 is 0 Å². The third-order valence-electron chi connectivity index (χ3n) is 5.61. The van der Waals surface area contributed by atoms with Gasteiger partial charge < -0.3 is 9.84 Å². The summed E-state index contributed by atoms with van der Waals surface area (Å²) in [6.07, 6.45) is 7.50. The highest BCUT2D eigenvalue weighted by molar-refractivity contribution is 5.91. The largest absolute Gasteiger partial charge is 0.351 e. The number of aromatic nitrogens is 4. The van der Waals surface area contributed by atoms with Gasteiger partial charge in [-0.3, -0.25) is 19.4 Å². The van der Waals surface area contributed by atoms with Crippen LogP contribution in [0.25, 0.3) is 0 Å². The minimum Gasteiger partial charge on any atom is -0.351 e. The second-order valence-electron chi connectivity index (χ2n) is 7.61. The fourth-order valence-electron chi connectivity index (χ4n) is 3.74. The minimum absolute atomic E-state index is 0.251. The van der Waals surface area contributed by atoms with Crippen molar-refractivity contribution in [3.63, 3.8) is 0 Å². The number of rotatable bonds is 6. The smallest absolute Gasteiger partial charge is 0.290 e. The van der Waals surface area contributed by atoms with Crippen molar-refractivity contribution in [2.24, 2.45) is 7.05 Å². The van der Waals surface area contributed by atoms with E-state index < -0.39 is 0 Å². The molecule has 152 valence electrons. The van der Waals surface area contributed by atoms with Crippen molar-refractivity contribution in [2.75, 3.05) is 13.1 Å². The molecule has 0 spiro atoms. The van der Waals surface area contributed by atoms with Gasteiger partial charge in [0.2, 0.25) is 5.76 Å². The van der Waals surface area contributed by atoms with E-state index in [0.717, 1.165) is 43.7 Å². The minimum atomic E-state index is -0.251. The van der Waals surface area contributed by atoms with Crippen LogP contribution in [0.5, 0.6) is 0 Å². The summed E-state index contributed by atoms with van der Waals surface area (Å²) < 4.78 is 7.25. The predicted octanol–water partition coefficient (Wildman–Crippen LogP) is 2.42. The standard InChI is InChI=1S/C21H26N6O2/c1-15-18(12-24-26(15)2)14-27-9-3-4-17(13-27)19-10-20(29-25-19)21(28)23-11-16-5-7-22-8-6-16/h5-8,10,12,17H,3-4,9,11,13-14H2,1-2H3,(H,23,28)/t17-/m0/s1. The van der Waals surface area contributed by atoms with Crippen molar-refractivity contribution in [1.29, 1.82) is 0 Å². The monoisotopic (exact) mass is 394 g/mol. The average Bonchev–Trinajstić information content (AvgIpc) is 3.36. The second-order valence-corrected chi connectivity index (χ2v) is 7.61. The molecule has 1 fully saturated rings. The molecule has 1 N–H and O–H groups in total. The summed E-state index contributed by atoms with van der Waals surface area (Å²) in [5, 5.41) is 11.4. The molecule has 29 heavy (non-hydrogen) atoms. The Bertz CT molecular complexity index is 965. The molecule has 4 rings (SSSR count). The Hall–Kier alpha value is -3.00. The van der Waals surface area contributed by atoms with E-state index in [1.54, 1.807) is 18.5 Å². The van der Waals surface area contributed by atoms with Crippen molar-refractivity contribution in [3.05, 3.63) is 65.1 Å². The van der Waals surface area contributed by atoms with Gasteiger partial charge in [0.05, 0.1) is 11.9 Å². The lowest BCUT2D eigenvalue weighted by Crippen LogP contribution is -2.34. The van der Waals surface area contributed by atoms with Crippen LogP contribution in [0.1, 0.15) is 51.8 Å². The predicted molar refractivity (Wildman–Crippen MR) is 107 cm³/mol. The van der Waals surface area contributed by atoms with E-state index in [1.807, 2.05) is 30.1 Å². The number of nitrogens with zero attached hydrogens (tertiary/aromatic N) is 5. The zero-order valence-electron chi connectivity index (χ0n) is 16.8. The number of hydrogen-bond acceptors (Lipinski definition) is 6. The van der Waals surface area contributed by atoms with Gasteiger partial charge in [0.1, 0.15) is 0 Å². The molecule has 1 aliphatic heterocycles. The molecule has 0 aliphatic carbocycles. The Morgan fingerprint density at radius 1 is 1.34 bits per heavy atom. The number of carbonyl (C=O) groups is 1. The summed E-state index contributed by atoms with van der Waals surface area (Å²) in [7, 11) is 1.97. The molecule has 0 radical (unpaired) electrons. The van der Waals surface area contributed by atoms with Gasteiger partial charge in [-0.2, -0.15) is 5.10 Å². The second kappa shape index (κ2) is 8.57. The molecule has 4 heterocycles. The first-order valence-electron chi connectivity index (χ1n) is 9.93. The number of nitrogens with one attached hydrogen (secondary N) is 1. The highest BCUT2D eigenvalue weighted by atomic mass is 16.5. The molecule has 0 saturated carbocycles. The molecule has 0 aromatic carbocycles. The molecule has 1 aliphatic rings. The van der Waals surface area contributed by atoms with Crippen LogP contribution in [0.4, 0.5) is 0 Å². The number of aryl methyl sites for hydroxylation is 1. The number of pyridine rings is 1. The molecular formula is C21H26N6O2. The molecule has 8 nitrogen and oxygen atoms in total. The summed E-state index contributed by atoms with van der Waals surface area (Å²) in [6.45, 7) is 5.37. The maximum atomic E-state index is 12.4. The lowest BCUT2D eigenvalue weighted by Gasteiger charge is -2.31. The Morgan fingerprint density at radius 3 is 2.93 bits per heavy atom. The number of hydrogen-bond donors (Lipinski definition) is 1. The van der Waals surface area contributed by atoms with E-state index in [4.69, 9.17) is 4.52 Å². The first-order valence-corrected chi connectivity index (χ1v) is 9.93. The zero-order valence-corrected chi connectivity index (χ0v) is 16.8. The molecular weight excluding hydrogens is 368 g/mol. The quantitative estimate of drug-likeness (QED) is 0.691. The van der Waals surface area contributed by atoms with Gasteiger partial charge in [0, 0.05) is 62.3 Å². The van der Waals surface area contributed by atoms with Crippen molar-refractivity contribution in [2.45, 2.75) is 38.8 Å². The van der Waals surface area contributed by atoms with Crippen LogP contribution in [-0.2, 0) is 20.1 Å².